The van der Waals surface area contributed by atoms with Crippen molar-refractivity contribution in [2.45, 2.75) is 51.0 Å². The monoisotopic (exact) mass is 282 g/mol. The minimum atomic E-state index is -0.225. The Morgan fingerprint density at radius 3 is 2.70 bits per heavy atom. The summed E-state index contributed by atoms with van der Waals surface area (Å²) in [5, 5.41) is 0. The second-order valence-corrected chi connectivity index (χ2v) is 5.99. The Labute approximate surface area is 120 Å². The fourth-order valence-electron chi connectivity index (χ4n) is 3.64. The van der Waals surface area contributed by atoms with Crippen molar-refractivity contribution in [1.82, 2.24) is 4.90 Å². The number of carbonyl (C=O) groups is 2. The zero-order chi connectivity index (χ0) is 14.5. The maximum atomic E-state index is 12.8. The lowest BCUT2D eigenvalue weighted by Gasteiger charge is -2.37. The van der Waals surface area contributed by atoms with Gasteiger partial charge in [-0.2, -0.15) is 0 Å². The number of nitrogens with zero attached hydrogens (tertiary/aromatic N) is 1. The van der Waals surface area contributed by atoms with Crippen LogP contribution in [0.1, 0.15) is 44.9 Å². The Kier molecular flexibility index (Phi) is 5.40. The highest BCUT2D eigenvalue weighted by molar-refractivity contribution is 5.81. The van der Waals surface area contributed by atoms with Crippen molar-refractivity contribution in [3.63, 3.8) is 0 Å². The van der Waals surface area contributed by atoms with Gasteiger partial charge in [0.05, 0.1) is 13.5 Å². The van der Waals surface area contributed by atoms with E-state index < -0.39 is 0 Å². The summed E-state index contributed by atoms with van der Waals surface area (Å²) in [5.74, 6) is 0.379. The third-order valence-corrected chi connectivity index (χ3v) is 4.82. The molecular formula is C15H26N2O3. The highest BCUT2D eigenvalue weighted by atomic mass is 16.5. The van der Waals surface area contributed by atoms with E-state index >= 15 is 0 Å². The molecule has 0 aromatic heterocycles. The number of likely N-dealkylation sites (tertiary alicyclic amines) is 1. The molecule has 2 N–H and O–H groups in total. The molecular weight excluding hydrogens is 256 g/mol. The number of hydrogen-bond acceptors (Lipinski definition) is 4. The summed E-state index contributed by atoms with van der Waals surface area (Å²) in [5.41, 5.74) is 5.78. The van der Waals surface area contributed by atoms with E-state index in [0.29, 0.717) is 18.9 Å². The average molecular weight is 282 g/mol. The van der Waals surface area contributed by atoms with Crippen LogP contribution in [0, 0.1) is 11.8 Å². The van der Waals surface area contributed by atoms with Crippen molar-refractivity contribution in [3.05, 3.63) is 0 Å². The first-order valence-electron chi connectivity index (χ1n) is 7.74. The van der Waals surface area contributed by atoms with Gasteiger partial charge in [0.1, 0.15) is 0 Å². The lowest BCUT2D eigenvalue weighted by Crippen LogP contribution is -2.48. The molecule has 0 aromatic rings. The number of piperidine rings is 1. The average Bonchev–Trinajstić information content (AvgIpc) is 2.95. The molecule has 1 aliphatic heterocycles. The number of carbonyl (C=O) groups excluding carboxylic acids is 2. The molecule has 5 nitrogen and oxygen atoms in total. The molecule has 1 heterocycles. The van der Waals surface area contributed by atoms with Crippen LogP contribution >= 0.6 is 0 Å². The second kappa shape index (κ2) is 7.07. The molecule has 1 amide bonds. The van der Waals surface area contributed by atoms with Crippen LogP contribution in [-0.4, -0.2) is 43.0 Å². The zero-order valence-electron chi connectivity index (χ0n) is 12.3. The zero-order valence-corrected chi connectivity index (χ0v) is 12.3. The van der Waals surface area contributed by atoms with E-state index in [4.69, 9.17) is 10.5 Å². The summed E-state index contributed by atoms with van der Waals surface area (Å²) in [7, 11) is 1.40. The lowest BCUT2D eigenvalue weighted by molar-refractivity contribution is -0.146. The molecule has 20 heavy (non-hydrogen) atoms. The van der Waals surface area contributed by atoms with Crippen molar-refractivity contribution in [1.29, 1.82) is 0 Å². The van der Waals surface area contributed by atoms with Crippen molar-refractivity contribution in [3.8, 4) is 0 Å². The smallest absolute Gasteiger partial charge is 0.307 e. The fourth-order valence-corrected chi connectivity index (χ4v) is 3.64. The van der Waals surface area contributed by atoms with Crippen molar-refractivity contribution >= 4 is 11.9 Å². The van der Waals surface area contributed by atoms with Crippen LogP contribution in [0.5, 0.6) is 0 Å². The SMILES string of the molecule is COC(=O)CC1CCCCN1C(=O)C1CCCC1CN. The Morgan fingerprint density at radius 1 is 1.20 bits per heavy atom. The van der Waals surface area contributed by atoms with Gasteiger partial charge in [0, 0.05) is 18.5 Å². The molecule has 2 aliphatic rings. The van der Waals surface area contributed by atoms with E-state index in [9.17, 15) is 9.59 Å². The molecule has 3 unspecified atom stereocenters. The van der Waals surface area contributed by atoms with Gasteiger partial charge >= 0.3 is 5.97 Å². The molecule has 0 radical (unpaired) electrons. The van der Waals surface area contributed by atoms with Gasteiger partial charge in [0.15, 0.2) is 0 Å². The first-order chi connectivity index (χ1) is 9.67. The molecule has 5 heteroatoms. The topological polar surface area (TPSA) is 72.6 Å². The van der Waals surface area contributed by atoms with Crippen LogP contribution in [0.15, 0.2) is 0 Å². The molecule has 1 saturated carbocycles. The summed E-state index contributed by atoms with van der Waals surface area (Å²) in [6.07, 6.45) is 6.43. The Balaban J connectivity index is 2.03. The van der Waals surface area contributed by atoms with Gasteiger partial charge in [0.2, 0.25) is 5.91 Å². The molecule has 0 spiro atoms. The van der Waals surface area contributed by atoms with Crippen LogP contribution in [-0.2, 0) is 14.3 Å². The minimum absolute atomic E-state index is 0.0164. The molecule has 2 rings (SSSR count). The summed E-state index contributed by atoms with van der Waals surface area (Å²) in [6.45, 7) is 1.36. The maximum Gasteiger partial charge on any atom is 0.307 e. The summed E-state index contributed by atoms with van der Waals surface area (Å²) >= 11 is 0. The van der Waals surface area contributed by atoms with E-state index in [1.54, 1.807) is 0 Å². The summed E-state index contributed by atoms with van der Waals surface area (Å²) in [6, 6.07) is 0.0164. The van der Waals surface area contributed by atoms with E-state index in [1.807, 2.05) is 4.90 Å². The molecule has 114 valence electrons. The van der Waals surface area contributed by atoms with Gasteiger partial charge in [-0.05, 0) is 44.6 Å². The van der Waals surface area contributed by atoms with E-state index in [2.05, 4.69) is 0 Å². The van der Waals surface area contributed by atoms with Crippen LogP contribution in [0.4, 0.5) is 0 Å². The Morgan fingerprint density at radius 2 is 2.00 bits per heavy atom. The highest BCUT2D eigenvalue weighted by Crippen LogP contribution is 2.34. The minimum Gasteiger partial charge on any atom is -0.469 e. The number of rotatable bonds is 4. The van der Waals surface area contributed by atoms with Gasteiger partial charge < -0.3 is 15.4 Å². The first kappa shape index (κ1) is 15.3. The molecule has 0 bridgehead atoms. The van der Waals surface area contributed by atoms with Crippen molar-refractivity contribution in [2.75, 3.05) is 20.2 Å². The van der Waals surface area contributed by atoms with Crippen LogP contribution in [0.3, 0.4) is 0 Å². The molecule has 3 atom stereocenters. The Hall–Kier alpha value is -1.10. The van der Waals surface area contributed by atoms with E-state index in [0.717, 1.165) is 45.1 Å². The van der Waals surface area contributed by atoms with Crippen molar-refractivity contribution in [2.24, 2.45) is 17.6 Å². The summed E-state index contributed by atoms with van der Waals surface area (Å²) < 4.78 is 4.75. The predicted octanol–water partition coefficient (Wildman–Crippen LogP) is 1.31. The molecule has 0 aromatic carbocycles. The first-order valence-corrected chi connectivity index (χ1v) is 7.74. The van der Waals surface area contributed by atoms with Gasteiger partial charge in [-0.15, -0.1) is 0 Å². The standard InChI is InChI=1S/C15H26N2O3/c1-20-14(18)9-12-6-2-3-8-17(12)15(19)13-7-4-5-11(13)10-16/h11-13H,2-10,16H2,1H3. The van der Waals surface area contributed by atoms with Crippen LogP contribution in [0.2, 0.25) is 0 Å². The maximum absolute atomic E-state index is 12.8. The van der Waals surface area contributed by atoms with Crippen LogP contribution < -0.4 is 5.73 Å². The third kappa shape index (κ3) is 3.32. The summed E-state index contributed by atoms with van der Waals surface area (Å²) in [4.78, 5) is 26.2. The molecule has 2 fully saturated rings. The van der Waals surface area contributed by atoms with Gasteiger partial charge in [0.25, 0.3) is 0 Å². The third-order valence-electron chi connectivity index (χ3n) is 4.82. The van der Waals surface area contributed by atoms with Gasteiger partial charge in [-0.3, -0.25) is 9.59 Å². The quantitative estimate of drug-likeness (QED) is 0.789. The number of esters is 1. The lowest BCUT2D eigenvalue weighted by atomic mass is 9.91. The Bertz CT molecular complexity index is 359. The number of methoxy groups -OCH3 is 1. The largest absolute Gasteiger partial charge is 0.469 e. The van der Waals surface area contributed by atoms with Gasteiger partial charge in [-0.25, -0.2) is 0 Å². The number of amides is 1. The highest BCUT2D eigenvalue weighted by Gasteiger charge is 2.38. The van der Waals surface area contributed by atoms with Crippen LogP contribution in [0.25, 0.3) is 0 Å². The number of hydrogen-bond donors (Lipinski definition) is 1. The van der Waals surface area contributed by atoms with E-state index in [-0.39, 0.29) is 23.8 Å². The normalized spacial score (nSPS) is 30.3. The second-order valence-electron chi connectivity index (χ2n) is 5.99. The van der Waals surface area contributed by atoms with E-state index in [1.165, 1.54) is 7.11 Å². The number of nitrogens with two attached hydrogens (primary N) is 1. The predicted molar refractivity (Wildman–Crippen MR) is 75.9 cm³/mol. The number of ether oxygens (including phenoxy) is 1. The molecule has 1 saturated heterocycles. The molecule has 1 aliphatic carbocycles. The van der Waals surface area contributed by atoms with Crippen molar-refractivity contribution < 1.29 is 14.3 Å². The fraction of sp³-hybridized carbons (Fsp3) is 0.867. The van der Waals surface area contributed by atoms with Gasteiger partial charge in [-0.1, -0.05) is 6.42 Å².